The molecule has 0 saturated carbocycles. The molecule has 0 atom stereocenters. The summed E-state index contributed by atoms with van der Waals surface area (Å²) in [5.74, 6) is 3.28. The topological polar surface area (TPSA) is 137 Å². The van der Waals surface area contributed by atoms with E-state index in [-0.39, 0.29) is 12.7 Å². The molecule has 0 aromatic heterocycles. The molecule has 6 saturated heterocycles. The fourth-order valence-corrected chi connectivity index (χ4v) is 62.3. The molecule has 0 amide bonds. The Kier molecular flexibility index (Phi) is 28.2. The van der Waals surface area contributed by atoms with Crippen LogP contribution in [0.2, 0.25) is 48.4 Å². The molecule has 6 fully saturated rings. The number of esters is 1. The van der Waals surface area contributed by atoms with E-state index in [0.29, 0.717) is 95.7 Å². The van der Waals surface area contributed by atoms with Gasteiger partial charge in [-0.1, -0.05) is 193 Å². The van der Waals surface area contributed by atoms with Crippen LogP contribution in [0.5, 0.6) is 0 Å². The molecule has 22 heteroatoms. The molecule has 0 aromatic rings. The van der Waals surface area contributed by atoms with Crippen LogP contribution >= 0.6 is 0 Å². The van der Waals surface area contributed by atoms with Crippen LogP contribution in [-0.2, 0) is 58.9 Å². The fourth-order valence-electron chi connectivity index (χ4n) is 11.4. The lowest BCUT2D eigenvalue weighted by atomic mass is 10.1. The summed E-state index contributed by atoms with van der Waals surface area (Å²) in [6.45, 7) is 37.7. The first-order valence-corrected chi connectivity index (χ1v) is 47.4. The average molecular weight is 1240 g/mol. The van der Waals surface area contributed by atoms with E-state index in [1.807, 2.05) is 0 Å². The number of unbranched alkanes of at least 4 members (excludes halogenated alkanes) is 7. The van der Waals surface area contributed by atoms with Crippen molar-refractivity contribution in [3.8, 4) is 0 Å². The smallest absolute Gasteiger partial charge is 0.462 e. The van der Waals surface area contributed by atoms with Crippen LogP contribution in [0.15, 0.2) is 12.2 Å². The van der Waals surface area contributed by atoms with Gasteiger partial charge in [-0.05, 0) is 99.7 Å². The van der Waals surface area contributed by atoms with Gasteiger partial charge in [0.2, 0.25) is 0 Å². The van der Waals surface area contributed by atoms with Crippen molar-refractivity contribution in [1.29, 1.82) is 0 Å². The van der Waals surface area contributed by atoms with Gasteiger partial charge in [-0.3, -0.25) is 0 Å². The Morgan fingerprint density at radius 2 is 0.449 bits per heavy atom. The molecule has 456 valence electrons. The summed E-state index contributed by atoms with van der Waals surface area (Å²) < 4.78 is 104. The molecule has 0 aromatic carbocycles. The number of carbonyl (C=O) groups excluding carboxylic acids is 1. The highest BCUT2D eigenvalue weighted by Crippen LogP contribution is 2.55. The zero-order chi connectivity index (χ0) is 57.3. The van der Waals surface area contributed by atoms with Gasteiger partial charge in [-0.15, -0.1) is 0 Å². The Balaban J connectivity index is 1.89. The highest BCUT2D eigenvalue weighted by atomic mass is 28.6. The third-order valence-electron chi connectivity index (χ3n) is 15.5. The molecule has 78 heavy (non-hydrogen) atoms. The van der Waals surface area contributed by atoms with Gasteiger partial charge in [-0.2, -0.15) is 0 Å². The number of ether oxygens (including phenoxy) is 1. The third kappa shape index (κ3) is 22.1. The second kappa shape index (κ2) is 31.7. The van der Waals surface area contributed by atoms with Crippen LogP contribution in [-0.4, -0.2) is 83.0 Å². The summed E-state index contributed by atoms with van der Waals surface area (Å²) in [4.78, 5) is 13.0. The van der Waals surface area contributed by atoms with Gasteiger partial charge < -0.3 is 54.1 Å². The molecule has 0 N–H and O–H groups in total. The summed E-state index contributed by atoms with van der Waals surface area (Å²) in [6, 6.07) is 3.92. The lowest BCUT2D eigenvalue weighted by molar-refractivity contribution is -0.139. The molecular weight excluding hydrogens is 1120 g/mol. The molecule has 0 spiro atoms. The van der Waals surface area contributed by atoms with Crippen LogP contribution in [0.3, 0.4) is 0 Å². The molecule has 0 aliphatic carbocycles. The predicted molar refractivity (Wildman–Crippen MR) is 329 cm³/mol. The maximum Gasteiger partial charge on any atom is 0.479 e. The maximum absolute atomic E-state index is 13.0. The number of hydrogen-bond acceptors (Lipinski definition) is 14. The lowest BCUT2D eigenvalue weighted by Gasteiger charge is -2.63. The molecule has 14 nitrogen and oxygen atoms in total. The van der Waals surface area contributed by atoms with Gasteiger partial charge in [0, 0.05) is 53.9 Å². The normalized spacial score (nSPS) is 31.8. The Morgan fingerprint density at radius 3 is 0.590 bits per heavy atom. The first-order valence-electron chi connectivity index (χ1n) is 32.0. The SMILES string of the molecule is C=C(C)C(=O)OCCC[Si]12O[Si]3(CCCCC(C)C)O[Si]4(CCCCC(C)C)O[Si]5(CCCCC(C)C)O[Si](CCCCC(C)C)(O3)O[Si](CCCCC(C)C)(O[Si](CCCCC(C)C)(O5)O[Si](CCCCC(C)C)(O4)O1)O2. The largest absolute Gasteiger partial charge is 0.479 e. The van der Waals surface area contributed by atoms with Crippen molar-refractivity contribution in [2.75, 3.05) is 6.61 Å². The predicted octanol–water partition coefficient (Wildman–Crippen LogP) is 17.1. The second-order valence-electron chi connectivity index (χ2n) is 27.2. The highest BCUT2D eigenvalue weighted by molar-refractivity contribution is 7.03. The van der Waals surface area contributed by atoms with E-state index >= 15 is 0 Å². The Hall–Kier alpha value is 0.465. The van der Waals surface area contributed by atoms with Gasteiger partial charge in [0.05, 0.1) is 6.61 Å². The summed E-state index contributed by atoms with van der Waals surface area (Å²) in [7, 11) is -32.6. The molecule has 0 unspecified atom stereocenters. The van der Waals surface area contributed by atoms with Gasteiger partial charge >= 0.3 is 76.4 Å². The molecule has 6 rings (SSSR count). The molecule has 6 heterocycles. The van der Waals surface area contributed by atoms with Crippen molar-refractivity contribution < 1.29 is 58.9 Å². The van der Waals surface area contributed by atoms with E-state index in [1.165, 1.54) is 0 Å². The van der Waals surface area contributed by atoms with Crippen LogP contribution in [0, 0.1) is 41.4 Å². The lowest BCUT2D eigenvalue weighted by Crippen LogP contribution is -2.88. The van der Waals surface area contributed by atoms with Crippen molar-refractivity contribution in [3.63, 3.8) is 0 Å². The standard InChI is InChI=1S/C56H116O14Si8/c1-48(2)32-17-24-40-71-59-72(41-25-18-33-49(3)4)62-75(44-28-21-36-52(9)10)64-73(60-71,42-26-19-34-50(5)6)66-77(46-30-23-38-54(13)14)67-74(61-71,43-27-20-35-51(7)8)65-76(63-72,45-29-22-37-53(11)12)69-78(68-75,70-77)47-31-39-58-56(57)55(15)16/h48-54H,15,17-47H2,1-14,16H3. The minimum Gasteiger partial charge on any atom is -0.462 e. The number of hydrogen-bond donors (Lipinski definition) is 0. The van der Waals surface area contributed by atoms with Crippen LogP contribution < -0.4 is 0 Å². The van der Waals surface area contributed by atoms with E-state index in [4.69, 9.17) is 54.1 Å². The Morgan fingerprint density at radius 1 is 0.295 bits per heavy atom. The van der Waals surface area contributed by atoms with Crippen molar-refractivity contribution in [1.82, 2.24) is 0 Å². The Bertz CT molecular complexity index is 1620. The van der Waals surface area contributed by atoms with Crippen molar-refractivity contribution in [2.24, 2.45) is 41.4 Å². The van der Waals surface area contributed by atoms with E-state index in [9.17, 15) is 4.79 Å². The van der Waals surface area contributed by atoms with E-state index in [2.05, 4.69) is 104 Å². The molecular formula is C56H116O14Si8. The van der Waals surface area contributed by atoms with Crippen molar-refractivity contribution in [3.05, 3.63) is 12.2 Å². The summed E-state index contributed by atoms with van der Waals surface area (Å²) in [5.41, 5.74) is 0.349. The molecule has 0 radical (unpaired) electrons. The third-order valence-corrected chi connectivity index (χ3v) is 53.1. The first kappa shape index (κ1) is 69.2. The summed E-state index contributed by atoms with van der Waals surface area (Å²) >= 11 is 0. The van der Waals surface area contributed by atoms with Crippen LogP contribution in [0.4, 0.5) is 0 Å². The Labute approximate surface area is 486 Å². The van der Waals surface area contributed by atoms with Crippen LogP contribution in [0.25, 0.3) is 0 Å². The fraction of sp³-hybridized carbons (Fsp3) is 0.946. The average Bonchev–Trinajstić information content (AvgIpc) is 3.30. The van der Waals surface area contributed by atoms with E-state index in [1.54, 1.807) is 6.92 Å². The first-order chi connectivity index (χ1) is 36.7. The van der Waals surface area contributed by atoms with Gasteiger partial charge in [0.25, 0.3) is 0 Å². The summed E-state index contributed by atoms with van der Waals surface area (Å²) in [6.07, 6.45) is 20.3. The van der Waals surface area contributed by atoms with Crippen molar-refractivity contribution in [2.45, 2.75) is 293 Å². The number of rotatable bonds is 40. The highest BCUT2D eigenvalue weighted by Gasteiger charge is 2.82. The van der Waals surface area contributed by atoms with E-state index in [0.717, 1.165) is 135 Å². The van der Waals surface area contributed by atoms with E-state index < -0.39 is 76.4 Å². The van der Waals surface area contributed by atoms with Gasteiger partial charge in [-0.25, -0.2) is 4.79 Å². The summed E-state index contributed by atoms with van der Waals surface area (Å²) in [5, 5.41) is 0. The molecule has 8 bridgehead atoms. The molecule has 6 aliphatic heterocycles. The zero-order valence-electron chi connectivity index (χ0n) is 52.4. The minimum atomic E-state index is -4.20. The maximum atomic E-state index is 13.0. The van der Waals surface area contributed by atoms with Crippen LogP contribution in [0.1, 0.15) is 245 Å². The second-order valence-corrected chi connectivity index (χ2v) is 51.9. The quantitative estimate of drug-likeness (QED) is 0.0249. The van der Waals surface area contributed by atoms with Gasteiger partial charge in [0.1, 0.15) is 0 Å². The minimum absolute atomic E-state index is 0.119. The van der Waals surface area contributed by atoms with Crippen molar-refractivity contribution >= 4 is 76.4 Å². The monoisotopic (exact) mass is 1240 g/mol. The number of carbonyl (C=O) groups is 1. The van der Waals surface area contributed by atoms with Gasteiger partial charge in [0.15, 0.2) is 0 Å². The zero-order valence-corrected chi connectivity index (χ0v) is 60.4. The molecule has 6 aliphatic rings.